The number of carbonyl (C=O) groups is 1. The zero-order valence-corrected chi connectivity index (χ0v) is 10.4. The van der Waals surface area contributed by atoms with Gasteiger partial charge < -0.3 is 9.84 Å². The highest BCUT2D eigenvalue weighted by atomic mass is 16.6. The second-order valence-corrected chi connectivity index (χ2v) is 4.03. The highest BCUT2D eigenvalue weighted by molar-refractivity contribution is 5.88. The molecular weight excluding hydrogens is 264 g/mol. The van der Waals surface area contributed by atoms with E-state index in [1.165, 1.54) is 0 Å². The number of ether oxygens (including phenoxy) is 1. The highest BCUT2D eigenvalue weighted by Crippen LogP contribution is 2.29. The summed E-state index contributed by atoms with van der Waals surface area (Å²) >= 11 is 0. The lowest BCUT2D eigenvalue weighted by atomic mass is 10.2. The summed E-state index contributed by atoms with van der Waals surface area (Å²) in [4.78, 5) is 24.7. The first kappa shape index (κ1) is 13.5. The fourth-order valence-corrected chi connectivity index (χ4v) is 1.48. The molecule has 2 aromatic rings. The van der Waals surface area contributed by atoms with E-state index in [1.54, 1.807) is 24.3 Å². The molecule has 0 aliphatic carbocycles. The third-order valence-corrected chi connectivity index (χ3v) is 2.51. The predicted octanol–water partition coefficient (Wildman–Crippen LogP) is 2.79. The van der Waals surface area contributed by atoms with E-state index in [0.717, 1.165) is 17.8 Å². The van der Waals surface area contributed by atoms with E-state index in [9.17, 15) is 14.9 Å². The molecule has 0 bridgehead atoms. The van der Waals surface area contributed by atoms with Gasteiger partial charge in [0.2, 0.25) is 0 Å². The number of pyridine rings is 1. The molecule has 7 nitrogen and oxygen atoms in total. The van der Waals surface area contributed by atoms with Gasteiger partial charge in [-0.15, -0.1) is 0 Å². The lowest BCUT2D eigenvalue weighted by Crippen LogP contribution is -2.02. The summed E-state index contributed by atoms with van der Waals surface area (Å²) in [6.45, 7) is 1.89. The number of hydrogen-bond donors (Lipinski definition) is 1. The normalized spacial score (nSPS) is 10.1. The summed E-state index contributed by atoms with van der Waals surface area (Å²) in [6.07, 6.45) is 1.01. The number of aromatic carboxylic acids is 1. The lowest BCUT2D eigenvalue weighted by molar-refractivity contribution is -0.386. The summed E-state index contributed by atoms with van der Waals surface area (Å²) in [7, 11) is 0. The van der Waals surface area contributed by atoms with Crippen LogP contribution in [0.5, 0.6) is 11.6 Å². The maximum Gasteiger partial charge on any atom is 0.337 e. The van der Waals surface area contributed by atoms with Gasteiger partial charge in [0.1, 0.15) is 5.75 Å². The third-order valence-electron chi connectivity index (χ3n) is 2.51. The molecule has 0 amide bonds. The quantitative estimate of drug-likeness (QED) is 0.679. The van der Waals surface area contributed by atoms with Gasteiger partial charge in [-0.05, 0) is 19.1 Å². The molecule has 0 radical (unpaired) electrons. The molecule has 0 aliphatic heterocycles. The fraction of sp³-hybridized carbons (Fsp3) is 0.0769. The Hall–Kier alpha value is -2.96. The Morgan fingerprint density at radius 2 is 2.00 bits per heavy atom. The van der Waals surface area contributed by atoms with Crippen molar-refractivity contribution in [2.75, 3.05) is 0 Å². The van der Waals surface area contributed by atoms with Gasteiger partial charge in [-0.25, -0.2) is 9.78 Å². The first-order valence-electron chi connectivity index (χ1n) is 5.59. The number of nitro groups is 1. The van der Waals surface area contributed by atoms with Crippen LogP contribution in [-0.2, 0) is 0 Å². The number of aromatic nitrogens is 1. The monoisotopic (exact) mass is 274 g/mol. The minimum atomic E-state index is -1.29. The van der Waals surface area contributed by atoms with E-state index < -0.39 is 16.6 Å². The molecule has 0 saturated heterocycles. The SMILES string of the molecule is Cc1ccc(Oc2ncc(C(=O)O)cc2[N+](=O)[O-])cc1. The van der Waals surface area contributed by atoms with Crippen LogP contribution in [0.3, 0.4) is 0 Å². The number of nitrogens with zero attached hydrogens (tertiary/aromatic N) is 2. The molecule has 0 atom stereocenters. The molecule has 102 valence electrons. The van der Waals surface area contributed by atoms with Crippen molar-refractivity contribution in [3.63, 3.8) is 0 Å². The predicted molar refractivity (Wildman–Crippen MR) is 69.1 cm³/mol. The Morgan fingerprint density at radius 1 is 1.35 bits per heavy atom. The third kappa shape index (κ3) is 2.89. The van der Waals surface area contributed by atoms with Crippen LogP contribution in [0.2, 0.25) is 0 Å². The number of rotatable bonds is 4. The van der Waals surface area contributed by atoms with Gasteiger partial charge in [0.05, 0.1) is 10.5 Å². The van der Waals surface area contributed by atoms with Gasteiger partial charge in [0.15, 0.2) is 0 Å². The van der Waals surface area contributed by atoms with Crippen LogP contribution >= 0.6 is 0 Å². The van der Waals surface area contributed by atoms with Gasteiger partial charge in [0.25, 0.3) is 5.88 Å². The maximum atomic E-state index is 10.9. The number of hydrogen-bond acceptors (Lipinski definition) is 5. The summed E-state index contributed by atoms with van der Waals surface area (Å²) in [5.41, 5.74) is 0.250. The molecule has 2 rings (SSSR count). The lowest BCUT2D eigenvalue weighted by Gasteiger charge is -2.06. The second-order valence-electron chi connectivity index (χ2n) is 4.03. The van der Waals surface area contributed by atoms with Crippen molar-refractivity contribution in [2.45, 2.75) is 6.92 Å². The van der Waals surface area contributed by atoms with Gasteiger partial charge >= 0.3 is 11.7 Å². The van der Waals surface area contributed by atoms with Crippen molar-refractivity contribution in [1.29, 1.82) is 0 Å². The zero-order chi connectivity index (χ0) is 14.7. The van der Waals surface area contributed by atoms with E-state index in [-0.39, 0.29) is 11.4 Å². The Balaban J connectivity index is 2.38. The minimum Gasteiger partial charge on any atom is -0.478 e. The number of aryl methyl sites for hydroxylation is 1. The van der Waals surface area contributed by atoms with Crippen molar-refractivity contribution in [1.82, 2.24) is 4.98 Å². The fourth-order valence-electron chi connectivity index (χ4n) is 1.48. The number of benzene rings is 1. The molecule has 20 heavy (non-hydrogen) atoms. The van der Waals surface area contributed by atoms with Crippen LogP contribution in [0, 0.1) is 17.0 Å². The Bertz CT molecular complexity index is 667. The molecule has 0 unspecified atom stereocenters. The highest BCUT2D eigenvalue weighted by Gasteiger charge is 2.20. The average Bonchev–Trinajstić information content (AvgIpc) is 2.41. The van der Waals surface area contributed by atoms with Crippen LogP contribution < -0.4 is 4.74 Å². The Morgan fingerprint density at radius 3 is 2.55 bits per heavy atom. The van der Waals surface area contributed by atoms with Crippen LogP contribution in [0.25, 0.3) is 0 Å². The molecule has 1 aromatic heterocycles. The van der Waals surface area contributed by atoms with E-state index in [4.69, 9.17) is 9.84 Å². The molecular formula is C13H10N2O5. The first-order chi connectivity index (χ1) is 9.47. The van der Waals surface area contributed by atoms with Gasteiger partial charge in [-0.3, -0.25) is 10.1 Å². The van der Waals surface area contributed by atoms with Crippen molar-refractivity contribution in [3.05, 3.63) is 57.8 Å². The second kappa shape index (κ2) is 5.35. The summed E-state index contributed by atoms with van der Waals surface area (Å²) in [5.74, 6) is -1.15. The van der Waals surface area contributed by atoms with Crippen molar-refractivity contribution in [3.8, 4) is 11.6 Å². The van der Waals surface area contributed by atoms with Crippen LogP contribution in [-0.4, -0.2) is 21.0 Å². The molecule has 7 heteroatoms. The van der Waals surface area contributed by atoms with Crippen molar-refractivity contribution < 1.29 is 19.6 Å². The van der Waals surface area contributed by atoms with Gasteiger partial charge in [0, 0.05) is 12.3 Å². The van der Waals surface area contributed by atoms with E-state index in [1.807, 2.05) is 6.92 Å². The van der Waals surface area contributed by atoms with Crippen LogP contribution in [0.15, 0.2) is 36.5 Å². The summed E-state index contributed by atoms with van der Waals surface area (Å²) in [5, 5.41) is 19.7. The zero-order valence-electron chi connectivity index (χ0n) is 10.4. The molecule has 1 heterocycles. The van der Waals surface area contributed by atoms with Crippen LogP contribution in [0.4, 0.5) is 5.69 Å². The number of carboxylic acids is 1. The van der Waals surface area contributed by atoms with Crippen LogP contribution in [0.1, 0.15) is 15.9 Å². The van der Waals surface area contributed by atoms with E-state index >= 15 is 0 Å². The largest absolute Gasteiger partial charge is 0.478 e. The van der Waals surface area contributed by atoms with Gasteiger partial charge in [-0.2, -0.15) is 0 Å². The van der Waals surface area contributed by atoms with Crippen molar-refractivity contribution in [2.24, 2.45) is 0 Å². The smallest absolute Gasteiger partial charge is 0.337 e. The summed E-state index contributed by atoms with van der Waals surface area (Å²) < 4.78 is 5.31. The molecule has 1 N–H and O–H groups in total. The topological polar surface area (TPSA) is 103 Å². The average molecular weight is 274 g/mol. The molecule has 0 aliphatic rings. The molecule has 0 spiro atoms. The number of carboxylic acid groups (broad SMARTS) is 1. The van der Waals surface area contributed by atoms with Gasteiger partial charge in [-0.1, -0.05) is 17.7 Å². The Kier molecular flexibility index (Phi) is 3.60. The van der Waals surface area contributed by atoms with E-state index in [2.05, 4.69) is 4.98 Å². The molecule has 0 fully saturated rings. The summed E-state index contributed by atoms with van der Waals surface area (Å²) in [6, 6.07) is 7.77. The Labute approximate surface area is 113 Å². The van der Waals surface area contributed by atoms with Crippen molar-refractivity contribution >= 4 is 11.7 Å². The standard InChI is InChI=1S/C13H10N2O5/c1-8-2-4-10(5-3-8)20-12-11(15(18)19)6-9(7-14-12)13(16)17/h2-7H,1H3,(H,16,17). The maximum absolute atomic E-state index is 10.9. The first-order valence-corrected chi connectivity index (χ1v) is 5.59. The minimum absolute atomic E-state index is 0.246. The molecule has 0 saturated carbocycles. The molecule has 1 aromatic carbocycles. The van der Waals surface area contributed by atoms with E-state index in [0.29, 0.717) is 5.75 Å².